The van der Waals surface area contributed by atoms with E-state index in [1.165, 1.54) is 12.0 Å². The molecule has 2 aromatic rings. The van der Waals surface area contributed by atoms with Crippen LogP contribution in [0.1, 0.15) is 42.6 Å². The molecular formula is C25H27F2N5O4. The minimum atomic E-state index is -3.11. The van der Waals surface area contributed by atoms with Crippen LogP contribution < -0.4 is 15.4 Å². The summed E-state index contributed by atoms with van der Waals surface area (Å²) in [6.45, 7) is 0.492. The smallest absolute Gasteiger partial charge is 0.271 e. The molecule has 1 aromatic heterocycles. The number of hydrogen-bond acceptors (Lipinski definition) is 5. The van der Waals surface area contributed by atoms with Crippen molar-refractivity contribution in [1.29, 1.82) is 5.26 Å². The van der Waals surface area contributed by atoms with Gasteiger partial charge in [0.1, 0.15) is 23.5 Å². The number of nitrogens with zero attached hydrogens (tertiary/aromatic N) is 2. The van der Waals surface area contributed by atoms with Crippen LogP contribution in [0.5, 0.6) is 5.75 Å². The largest absolute Gasteiger partial charge is 0.496 e. The number of piperidine rings is 2. The van der Waals surface area contributed by atoms with E-state index in [4.69, 9.17) is 4.74 Å². The normalized spacial score (nSPS) is 27.4. The topological polar surface area (TPSA) is 127 Å². The van der Waals surface area contributed by atoms with Crippen LogP contribution in [0.2, 0.25) is 0 Å². The monoisotopic (exact) mass is 499 g/mol. The molecule has 3 amide bonds. The number of rotatable bonds is 6. The summed E-state index contributed by atoms with van der Waals surface area (Å²) >= 11 is 0. The van der Waals surface area contributed by atoms with Crippen molar-refractivity contribution in [2.45, 2.75) is 56.2 Å². The fraction of sp³-hybridized carbons (Fsp3) is 0.520. The Hall–Kier alpha value is -3.68. The number of carbonyl (C=O) groups excluding carboxylic acids is 3. The highest BCUT2D eigenvalue weighted by Gasteiger charge is 2.60. The standard InChI is InChI=1S/C25H27F2N5O4/c1-36-20-4-2-3-18-16(20)10-19(31-18)24(35)32-15-5-6-17(25(26,27)11-15)21(32)23(34)30-14(12-28)9-13-7-8-29-22(13)33/h2-4,10,13-15,17,21,31H,5-9,11H2,1H3,(H,29,33)(H,30,34)/t13-,14-,15+,17+,21-/m0/s1. The highest BCUT2D eigenvalue weighted by atomic mass is 19.3. The minimum absolute atomic E-state index is 0.0844. The van der Waals surface area contributed by atoms with Crippen LogP contribution in [0.15, 0.2) is 24.3 Å². The van der Waals surface area contributed by atoms with Crippen molar-refractivity contribution in [3.63, 3.8) is 0 Å². The highest BCUT2D eigenvalue weighted by molar-refractivity contribution is 6.02. The number of benzene rings is 1. The van der Waals surface area contributed by atoms with E-state index < -0.39 is 54.1 Å². The van der Waals surface area contributed by atoms with Crippen molar-refractivity contribution in [2.75, 3.05) is 13.7 Å². The van der Waals surface area contributed by atoms with Crippen LogP contribution in [-0.4, -0.2) is 65.3 Å². The lowest BCUT2D eigenvalue weighted by Gasteiger charge is -2.53. The van der Waals surface area contributed by atoms with Gasteiger partial charge in [0.25, 0.3) is 11.8 Å². The third-order valence-corrected chi connectivity index (χ3v) is 7.67. The van der Waals surface area contributed by atoms with Crippen molar-refractivity contribution in [2.24, 2.45) is 11.8 Å². The number of ether oxygens (including phenoxy) is 1. The number of aromatic amines is 1. The molecule has 1 aliphatic carbocycles. The molecule has 0 spiro atoms. The average Bonchev–Trinajstić information content (AvgIpc) is 3.48. The lowest BCUT2D eigenvalue weighted by Crippen LogP contribution is -2.68. The first-order valence-electron chi connectivity index (χ1n) is 12.1. The Balaban J connectivity index is 1.43. The van der Waals surface area contributed by atoms with Gasteiger partial charge in [0.2, 0.25) is 11.8 Å². The second kappa shape index (κ2) is 9.08. The number of carbonyl (C=O) groups is 3. The highest BCUT2D eigenvalue weighted by Crippen LogP contribution is 2.49. The van der Waals surface area contributed by atoms with Gasteiger partial charge in [0, 0.05) is 35.8 Å². The van der Waals surface area contributed by atoms with E-state index in [1.807, 2.05) is 6.07 Å². The molecule has 5 atom stereocenters. The number of halogens is 2. The van der Waals surface area contributed by atoms with Gasteiger partial charge >= 0.3 is 0 Å². The van der Waals surface area contributed by atoms with Gasteiger partial charge in [0.05, 0.1) is 19.1 Å². The summed E-state index contributed by atoms with van der Waals surface area (Å²) in [4.78, 5) is 43.3. The fourth-order valence-electron chi connectivity index (χ4n) is 5.91. The number of alkyl halides is 2. The van der Waals surface area contributed by atoms with Crippen molar-refractivity contribution in [3.8, 4) is 11.8 Å². The zero-order chi connectivity index (χ0) is 25.6. The predicted molar refractivity (Wildman–Crippen MR) is 124 cm³/mol. The van der Waals surface area contributed by atoms with Gasteiger partial charge in [-0.25, -0.2) is 8.78 Å². The number of aromatic nitrogens is 1. The first-order chi connectivity index (χ1) is 17.2. The number of amides is 3. The van der Waals surface area contributed by atoms with E-state index in [0.717, 1.165) is 0 Å². The van der Waals surface area contributed by atoms with Gasteiger partial charge in [-0.15, -0.1) is 0 Å². The molecule has 1 saturated carbocycles. The van der Waals surface area contributed by atoms with Gasteiger partial charge in [-0.1, -0.05) is 6.07 Å². The molecule has 36 heavy (non-hydrogen) atoms. The van der Waals surface area contributed by atoms with Gasteiger partial charge in [0.15, 0.2) is 0 Å². The second-order valence-electron chi connectivity index (χ2n) is 9.77. The molecule has 6 rings (SSSR count). The van der Waals surface area contributed by atoms with Crippen LogP contribution in [0.25, 0.3) is 10.9 Å². The summed E-state index contributed by atoms with van der Waals surface area (Å²) in [5.41, 5.74) is 0.813. The van der Waals surface area contributed by atoms with E-state index >= 15 is 0 Å². The van der Waals surface area contributed by atoms with Crippen LogP contribution in [0, 0.1) is 23.2 Å². The summed E-state index contributed by atoms with van der Waals surface area (Å²) < 4.78 is 35.3. The number of methoxy groups -OCH3 is 1. The summed E-state index contributed by atoms with van der Waals surface area (Å²) in [6, 6.07) is 5.57. The lowest BCUT2D eigenvalue weighted by atomic mass is 9.71. The van der Waals surface area contributed by atoms with Crippen LogP contribution in [0.4, 0.5) is 8.78 Å². The van der Waals surface area contributed by atoms with E-state index in [1.54, 1.807) is 24.3 Å². The van der Waals surface area contributed by atoms with E-state index in [0.29, 0.717) is 36.0 Å². The third kappa shape index (κ3) is 4.04. The fourth-order valence-corrected chi connectivity index (χ4v) is 5.91. The molecule has 11 heteroatoms. The van der Waals surface area contributed by atoms with Crippen LogP contribution in [0.3, 0.4) is 0 Å². The number of fused-ring (bicyclic) bond motifs is 4. The number of H-pyrrole nitrogens is 1. The quantitative estimate of drug-likeness (QED) is 0.562. The molecule has 4 aliphatic rings. The maximum Gasteiger partial charge on any atom is 0.271 e. The first-order valence-corrected chi connectivity index (χ1v) is 12.1. The molecule has 190 valence electrons. The maximum atomic E-state index is 15.0. The molecule has 4 heterocycles. The van der Waals surface area contributed by atoms with Gasteiger partial charge < -0.3 is 25.3 Å². The van der Waals surface area contributed by atoms with Gasteiger partial charge in [-0.2, -0.15) is 5.26 Å². The SMILES string of the molecule is COc1cccc2[nH]c(C(=O)N3[C@@H]4CC[C@H]([C@H]3C(=O)N[C@H](C#N)C[C@@H]3CCNC3=O)C(F)(F)C4)cc12. The Labute approximate surface area is 206 Å². The van der Waals surface area contributed by atoms with Gasteiger partial charge in [-0.3, -0.25) is 14.4 Å². The number of nitrogens with one attached hydrogen (secondary N) is 3. The maximum absolute atomic E-state index is 15.0. The molecule has 3 N–H and O–H groups in total. The second-order valence-corrected chi connectivity index (χ2v) is 9.77. The molecule has 9 nitrogen and oxygen atoms in total. The Bertz CT molecular complexity index is 1250. The number of hydrogen-bond donors (Lipinski definition) is 3. The molecule has 3 saturated heterocycles. The predicted octanol–water partition coefficient (Wildman–Crippen LogP) is 2.34. The van der Waals surface area contributed by atoms with Crippen molar-refractivity contribution in [3.05, 3.63) is 30.0 Å². The van der Waals surface area contributed by atoms with Crippen LogP contribution >= 0.6 is 0 Å². The molecule has 2 bridgehead atoms. The average molecular weight is 500 g/mol. The molecule has 1 aromatic carbocycles. The van der Waals surface area contributed by atoms with Crippen molar-refractivity contribution >= 4 is 28.6 Å². The molecule has 0 unspecified atom stereocenters. The first kappa shape index (κ1) is 24.0. The van der Waals surface area contributed by atoms with E-state index in [-0.39, 0.29) is 24.4 Å². The Morgan fingerprint density at radius 2 is 2.14 bits per heavy atom. The Kier molecular flexibility index (Phi) is 6.06. The van der Waals surface area contributed by atoms with E-state index in [9.17, 15) is 28.4 Å². The summed E-state index contributed by atoms with van der Waals surface area (Å²) in [5.74, 6) is -5.90. The molecular weight excluding hydrogens is 472 g/mol. The molecule has 4 fully saturated rings. The molecule has 0 radical (unpaired) electrons. The third-order valence-electron chi connectivity index (χ3n) is 7.67. The summed E-state index contributed by atoms with van der Waals surface area (Å²) in [5, 5.41) is 15.5. The van der Waals surface area contributed by atoms with E-state index in [2.05, 4.69) is 15.6 Å². The Morgan fingerprint density at radius 1 is 1.33 bits per heavy atom. The Morgan fingerprint density at radius 3 is 2.81 bits per heavy atom. The van der Waals surface area contributed by atoms with Crippen molar-refractivity contribution in [1.82, 2.24) is 20.5 Å². The van der Waals surface area contributed by atoms with Crippen molar-refractivity contribution < 1.29 is 27.9 Å². The summed E-state index contributed by atoms with van der Waals surface area (Å²) in [6.07, 6.45) is 0.570. The zero-order valence-corrected chi connectivity index (χ0v) is 19.7. The zero-order valence-electron chi connectivity index (χ0n) is 19.7. The minimum Gasteiger partial charge on any atom is -0.496 e. The lowest BCUT2D eigenvalue weighted by molar-refractivity contribution is -0.179. The van der Waals surface area contributed by atoms with Gasteiger partial charge in [-0.05, 0) is 43.9 Å². The van der Waals surface area contributed by atoms with Crippen LogP contribution in [-0.2, 0) is 9.59 Å². The molecule has 3 aliphatic heterocycles. The number of nitriles is 1. The summed E-state index contributed by atoms with van der Waals surface area (Å²) in [7, 11) is 1.51.